The van der Waals surface area contributed by atoms with E-state index in [4.69, 9.17) is 0 Å². The van der Waals surface area contributed by atoms with Crippen LogP contribution < -0.4 is 5.32 Å². The van der Waals surface area contributed by atoms with Gasteiger partial charge in [0.2, 0.25) is 5.91 Å². The van der Waals surface area contributed by atoms with Crippen molar-refractivity contribution in [2.75, 3.05) is 25.0 Å². The van der Waals surface area contributed by atoms with Gasteiger partial charge in [0.15, 0.2) is 0 Å². The number of hydrogen-bond donors (Lipinski definition) is 1. The molecule has 0 aliphatic rings. The van der Waals surface area contributed by atoms with Gasteiger partial charge in [0, 0.05) is 5.69 Å². The molecule has 0 saturated heterocycles. The van der Waals surface area contributed by atoms with Gasteiger partial charge in [0.1, 0.15) is 0 Å². The van der Waals surface area contributed by atoms with E-state index in [2.05, 4.69) is 37.1 Å². The summed E-state index contributed by atoms with van der Waals surface area (Å²) in [6.07, 6.45) is 0.933. The Hall–Kier alpha value is -1.35. The fourth-order valence-corrected chi connectivity index (χ4v) is 2.03. The first-order chi connectivity index (χ1) is 8.62. The zero-order valence-corrected chi connectivity index (χ0v) is 11.9. The van der Waals surface area contributed by atoms with Crippen molar-refractivity contribution in [2.45, 2.75) is 34.1 Å². The van der Waals surface area contributed by atoms with Crippen LogP contribution in [-0.2, 0) is 11.2 Å². The molecule has 100 valence electrons. The summed E-state index contributed by atoms with van der Waals surface area (Å²) in [5, 5.41) is 3.05. The summed E-state index contributed by atoms with van der Waals surface area (Å²) in [4.78, 5) is 14.1. The number of para-hydroxylation sites is 1. The molecule has 0 unspecified atom stereocenters. The third kappa shape index (κ3) is 3.84. The Labute approximate surface area is 110 Å². The zero-order valence-electron chi connectivity index (χ0n) is 11.9. The Bertz CT molecular complexity index is 397. The van der Waals surface area contributed by atoms with Crippen molar-refractivity contribution < 1.29 is 4.79 Å². The first-order valence-corrected chi connectivity index (χ1v) is 6.73. The minimum absolute atomic E-state index is 0.0719. The number of rotatable bonds is 6. The highest BCUT2D eigenvalue weighted by Crippen LogP contribution is 2.20. The number of aryl methyl sites for hydroxylation is 2. The number of carbonyl (C=O) groups excluding carboxylic acids is 1. The van der Waals surface area contributed by atoms with Gasteiger partial charge >= 0.3 is 0 Å². The highest BCUT2D eigenvalue weighted by molar-refractivity contribution is 5.93. The molecule has 0 aromatic heterocycles. The molecule has 0 aliphatic heterocycles. The van der Waals surface area contributed by atoms with Crippen molar-refractivity contribution in [1.29, 1.82) is 0 Å². The summed E-state index contributed by atoms with van der Waals surface area (Å²) >= 11 is 0. The summed E-state index contributed by atoms with van der Waals surface area (Å²) in [6, 6.07) is 6.14. The van der Waals surface area contributed by atoms with Crippen molar-refractivity contribution in [3.8, 4) is 0 Å². The number of nitrogens with zero attached hydrogens (tertiary/aromatic N) is 1. The van der Waals surface area contributed by atoms with Gasteiger partial charge in [-0.2, -0.15) is 0 Å². The van der Waals surface area contributed by atoms with Gasteiger partial charge in [-0.25, -0.2) is 0 Å². The van der Waals surface area contributed by atoms with Crippen LogP contribution in [0.25, 0.3) is 0 Å². The third-order valence-electron chi connectivity index (χ3n) is 3.27. The Morgan fingerprint density at radius 1 is 1.22 bits per heavy atom. The Kier molecular flexibility index (Phi) is 5.86. The molecule has 18 heavy (non-hydrogen) atoms. The maximum atomic E-state index is 12.0. The number of carbonyl (C=O) groups is 1. The number of nitrogens with one attached hydrogen (secondary N) is 1. The number of likely N-dealkylation sites (N-methyl/N-ethyl adjacent to an activating group) is 1. The van der Waals surface area contributed by atoms with Gasteiger partial charge in [-0.05, 0) is 37.6 Å². The predicted molar refractivity (Wildman–Crippen MR) is 77.0 cm³/mol. The first kappa shape index (κ1) is 14.7. The number of anilines is 1. The van der Waals surface area contributed by atoms with Crippen molar-refractivity contribution >= 4 is 11.6 Å². The van der Waals surface area contributed by atoms with Gasteiger partial charge in [0.05, 0.1) is 6.54 Å². The van der Waals surface area contributed by atoms with Crippen LogP contribution in [0, 0.1) is 6.92 Å². The molecule has 3 nitrogen and oxygen atoms in total. The molecular weight excluding hydrogens is 224 g/mol. The maximum Gasteiger partial charge on any atom is 0.238 e. The van der Waals surface area contributed by atoms with Crippen LogP contribution in [0.1, 0.15) is 31.9 Å². The molecule has 1 aromatic carbocycles. The Balaban J connectivity index is 2.75. The number of amides is 1. The summed E-state index contributed by atoms with van der Waals surface area (Å²) in [5.41, 5.74) is 3.31. The molecule has 1 rings (SSSR count). The minimum atomic E-state index is 0.0719. The number of hydrogen-bond acceptors (Lipinski definition) is 2. The van der Waals surface area contributed by atoms with Gasteiger partial charge in [0.25, 0.3) is 0 Å². The smallest absolute Gasteiger partial charge is 0.238 e. The van der Waals surface area contributed by atoms with Gasteiger partial charge in [-0.15, -0.1) is 0 Å². The van der Waals surface area contributed by atoms with Crippen LogP contribution in [0.4, 0.5) is 5.69 Å². The number of benzene rings is 1. The highest BCUT2D eigenvalue weighted by atomic mass is 16.2. The van der Waals surface area contributed by atoms with Crippen LogP contribution >= 0.6 is 0 Å². The second kappa shape index (κ2) is 7.17. The van der Waals surface area contributed by atoms with Crippen LogP contribution in [0.3, 0.4) is 0 Å². The predicted octanol–water partition coefficient (Wildman–Crippen LogP) is 2.84. The van der Waals surface area contributed by atoms with E-state index >= 15 is 0 Å². The topological polar surface area (TPSA) is 32.3 Å². The fourth-order valence-electron chi connectivity index (χ4n) is 2.03. The van der Waals surface area contributed by atoms with Crippen molar-refractivity contribution in [3.63, 3.8) is 0 Å². The Morgan fingerprint density at radius 2 is 1.89 bits per heavy atom. The van der Waals surface area contributed by atoms with Crippen molar-refractivity contribution in [1.82, 2.24) is 4.90 Å². The molecule has 3 heteroatoms. The normalized spacial score (nSPS) is 10.7. The monoisotopic (exact) mass is 248 g/mol. The van der Waals surface area contributed by atoms with E-state index in [1.165, 1.54) is 5.56 Å². The van der Waals surface area contributed by atoms with Gasteiger partial charge < -0.3 is 5.32 Å². The highest BCUT2D eigenvalue weighted by Gasteiger charge is 2.10. The second-order valence-corrected chi connectivity index (χ2v) is 4.47. The van der Waals surface area contributed by atoms with Crippen molar-refractivity contribution in [3.05, 3.63) is 29.3 Å². The molecule has 0 bridgehead atoms. The van der Waals surface area contributed by atoms with Gasteiger partial charge in [-0.3, -0.25) is 9.69 Å². The maximum absolute atomic E-state index is 12.0. The molecule has 0 heterocycles. The van der Waals surface area contributed by atoms with Crippen LogP contribution in [0.15, 0.2) is 18.2 Å². The van der Waals surface area contributed by atoms with E-state index in [-0.39, 0.29) is 5.91 Å². The second-order valence-electron chi connectivity index (χ2n) is 4.47. The average Bonchev–Trinajstić information content (AvgIpc) is 2.38. The lowest BCUT2D eigenvalue weighted by molar-refractivity contribution is -0.117. The fraction of sp³-hybridized carbons (Fsp3) is 0.533. The lowest BCUT2D eigenvalue weighted by Crippen LogP contribution is -2.33. The Morgan fingerprint density at radius 3 is 2.44 bits per heavy atom. The molecule has 1 aromatic rings. The molecule has 0 aliphatic carbocycles. The molecule has 0 atom stereocenters. The summed E-state index contributed by atoms with van der Waals surface area (Å²) < 4.78 is 0. The standard InChI is InChI=1S/C15H24N2O/c1-5-13-10-8-9-12(4)15(13)16-14(18)11-17(6-2)7-3/h8-10H,5-7,11H2,1-4H3,(H,16,18). The molecule has 0 radical (unpaired) electrons. The first-order valence-electron chi connectivity index (χ1n) is 6.73. The molecule has 1 amide bonds. The van der Waals surface area contributed by atoms with E-state index in [1.54, 1.807) is 0 Å². The summed E-state index contributed by atoms with van der Waals surface area (Å²) in [7, 11) is 0. The molecular formula is C15H24N2O. The molecule has 1 N–H and O–H groups in total. The largest absolute Gasteiger partial charge is 0.324 e. The van der Waals surface area contributed by atoms with E-state index in [1.807, 2.05) is 19.1 Å². The van der Waals surface area contributed by atoms with E-state index in [0.717, 1.165) is 30.8 Å². The molecule has 0 saturated carbocycles. The molecule has 0 spiro atoms. The SMILES string of the molecule is CCc1cccc(C)c1NC(=O)CN(CC)CC. The van der Waals surface area contributed by atoms with Crippen LogP contribution in [0.5, 0.6) is 0 Å². The van der Waals surface area contributed by atoms with Crippen molar-refractivity contribution in [2.24, 2.45) is 0 Å². The summed E-state index contributed by atoms with van der Waals surface area (Å²) in [6.45, 7) is 10.5. The van der Waals surface area contributed by atoms with Crippen LogP contribution in [0.2, 0.25) is 0 Å². The lowest BCUT2D eigenvalue weighted by Gasteiger charge is -2.19. The van der Waals surface area contributed by atoms with E-state index < -0.39 is 0 Å². The quantitative estimate of drug-likeness (QED) is 0.839. The summed E-state index contributed by atoms with van der Waals surface area (Å²) in [5.74, 6) is 0.0719. The lowest BCUT2D eigenvalue weighted by atomic mass is 10.1. The third-order valence-corrected chi connectivity index (χ3v) is 3.27. The van der Waals surface area contributed by atoms with Crippen LogP contribution in [-0.4, -0.2) is 30.4 Å². The molecule has 0 fully saturated rings. The zero-order chi connectivity index (χ0) is 13.5. The van der Waals surface area contributed by atoms with Gasteiger partial charge in [-0.1, -0.05) is 39.0 Å². The average molecular weight is 248 g/mol. The van der Waals surface area contributed by atoms with E-state index in [9.17, 15) is 4.79 Å². The minimum Gasteiger partial charge on any atom is -0.324 e. The van der Waals surface area contributed by atoms with E-state index in [0.29, 0.717) is 6.54 Å².